The van der Waals surface area contributed by atoms with E-state index in [2.05, 4.69) is 24.3 Å². The van der Waals surface area contributed by atoms with Gasteiger partial charge in [-0.1, -0.05) is 32.0 Å². The van der Waals surface area contributed by atoms with E-state index in [1.54, 1.807) is 10.7 Å². The van der Waals surface area contributed by atoms with Crippen molar-refractivity contribution in [1.29, 1.82) is 0 Å². The number of aryl methyl sites for hydroxylation is 1. The maximum absolute atomic E-state index is 14.1. The zero-order valence-electron chi connectivity index (χ0n) is 13.0. The highest BCUT2D eigenvalue weighted by molar-refractivity contribution is 5.24. The van der Waals surface area contributed by atoms with Crippen LogP contribution in [-0.2, 0) is 13.5 Å². The quantitative estimate of drug-likeness (QED) is 0.848. The Morgan fingerprint density at radius 1 is 1.24 bits per heavy atom. The summed E-state index contributed by atoms with van der Waals surface area (Å²) in [4.78, 5) is 0. The molecule has 21 heavy (non-hydrogen) atoms. The summed E-state index contributed by atoms with van der Waals surface area (Å²) in [5.74, 6) is 0.580. The van der Waals surface area contributed by atoms with Crippen molar-refractivity contribution in [1.82, 2.24) is 15.1 Å². The maximum Gasteiger partial charge on any atom is 0.126 e. The molecule has 1 heterocycles. The second-order valence-corrected chi connectivity index (χ2v) is 6.00. The molecule has 1 atom stereocenters. The van der Waals surface area contributed by atoms with Gasteiger partial charge in [-0.05, 0) is 36.1 Å². The average molecular weight is 289 g/mol. The molecule has 0 aliphatic carbocycles. The van der Waals surface area contributed by atoms with Crippen molar-refractivity contribution < 1.29 is 4.39 Å². The molecular formula is C17H24FN3. The van der Waals surface area contributed by atoms with Crippen LogP contribution >= 0.6 is 0 Å². The van der Waals surface area contributed by atoms with E-state index in [9.17, 15) is 4.39 Å². The third-order valence-electron chi connectivity index (χ3n) is 3.53. The van der Waals surface area contributed by atoms with Crippen LogP contribution in [0.15, 0.2) is 36.7 Å². The first-order valence-corrected chi connectivity index (χ1v) is 7.49. The first-order chi connectivity index (χ1) is 10.1. The first kappa shape index (κ1) is 15.7. The van der Waals surface area contributed by atoms with Crippen molar-refractivity contribution >= 4 is 0 Å². The first-order valence-electron chi connectivity index (χ1n) is 7.49. The molecule has 0 spiro atoms. The molecule has 1 aromatic carbocycles. The van der Waals surface area contributed by atoms with Crippen LogP contribution in [0.1, 0.15) is 30.9 Å². The summed E-state index contributed by atoms with van der Waals surface area (Å²) in [6.07, 6.45) is 4.65. The molecule has 1 unspecified atom stereocenters. The van der Waals surface area contributed by atoms with Gasteiger partial charge in [0.2, 0.25) is 0 Å². The zero-order valence-corrected chi connectivity index (χ0v) is 13.0. The molecule has 0 amide bonds. The van der Waals surface area contributed by atoms with Crippen LogP contribution in [0.5, 0.6) is 0 Å². The molecule has 2 rings (SSSR count). The van der Waals surface area contributed by atoms with Crippen LogP contribution in [-0.4, -0.2) is 22.9 Å². The molecule has 3 nitrogen and oxygen atoms in total. The number of benzene rings is 1. The lowest BCUT2D eigenvalue weighted by atomic mass is 9.92. The van der Waals surface area contributed by atoms with Gasteiger partial charge < -0.3 is 5.32 Å². The lowest BCUT2D eigenvalue weighted by Gasteiger charge is -2.19. The molecule has 0 bridgehead atoms. The van der Waals surface area contributed by atoms with Crippen molar-refractivity contribution in [2.45, 2.75) is 26.2 Å². The van der Waals surface area contributed by atoms with Gasteiger partial charge in [0.15, 0.2) is 0 Å². The van der Waals surface area contributed by atoms with E-state index in [1.807, 2.05) is 31.6 Å². The standard InChI is InChI=1S/C17H24FN3/c1-13(2)9-19-11-15(8-14-10-20-21(3)12-14)16-6-4-5-7-17(16)18/h4-7,10,12-13,15,19H,8-9,11H2,1-3H3. The Balaban J connectivity index is 2.12. The van der Waals surface area contributed by atoms with E-state index in [1.165, 1.54) is 6.07 Å². The van der Waals surface area contributed by atoms with Crippen LogP contribution in [0.3, 0.4) is 0 Å². The van der Waals surface area contributed by atoms with Gasteiger partial charge in [0.05, 0.1) is 6.20 Å². The molecule has 0 fully saturated rings. The van der Waals surface area contributed by atoms with Gasteiger partial charge in [-0.2, -0.15) is 5.10 Å². The largest absolute Gasteiger partial charge is 0.316 e. The Kier molecular flexibility index (Phi) is 5.51. The number of hydrogen-bond acceptors (Lipinski definition) is 2. The fourth-order valence-corrected chi connectivity index (χ4v) is 2.51. The van der Waals surface area contributed by atoms with Gasteiger partial charge in [0.25, 0.3) is 0 Å². The minimum absolute atomic E-state index is 0.120. The number of rotatable bonds is 7. The Hall–Kier alpha value is -1.68. The highest BCUT2D eigenvalue weighted by Gasteiger charge is 2.16. The van der Waals surface area contributed by atoms with E-state index in [4.69, 9.17) is 0 Å². The molecule has 0 radical (unpaired) electrons. The normalized spacial score (nSPS) is 12.8. The third-order valence-corrected chi connectivity index (χ3v) is 3.53. The number of nitrogens with one attached hydrogen (secondary N) is 1. The zero-order chi connectivity index (χ0) is 15.2. The molecule has 1 N–H and O–H groups in total. The Labute approximate surface area is 126 Å². The predicted molar refractivity (Wildman–Crippen MR) is 83.8 cm³/mol. The average Bonchev–Trinajstić information content (AvgIpc) is 2.83. The minimum atomic E-state index is -0.127. The van der Waals surface area contributed by atoms with Gasteiger partial charge in [0, 0.05) is 25.7 Å². The highest BCUT2D eigenvalue weighted by atomic mass is 19.1. The van der Waals surface area contributed by atoms with Gasteiger partial charge in [0.1, 0.15) is 5.82 Å². The van der Waals surface area contributed by atoms with Crippen LogP contribution in [0.2, 0.25) is 0 Å². The Bertz CT molecular complexity index is 563. The molecule has 114 valence electrons. The summed E-state index contributed by atoms with van der Waals surface area (Å²) in [7, 11) is 1.90. The molecule has 4 heteroatoms. The van der Waals surface area contributed by atoms with Crippen LogP contribution in [0.4, 0.5) is 4.39 Å². The summed E-state index contributed by atoms with van der Waals surface area (Å²) in [6.45, 7) is 6.06. The van der Waals surface area contributed by atoms with Gasteiger partial charge in [-0.25, -0.2) is 4.39 Å². The van der Waals surface area contributed by atoms with Crippen molar-refractivity contribution in [3.8, 4) is 0 Å². The smallest absolute Gasteiger partial charge is 0.126 e. The predicted octanol–water partition coefficient (Wildman–Crippen LogP) is 3.13. The fraction of sp³-hybridized carbons (Fsp3) is 0.471. The van der Waals surface area contributed by atoms with E-state index >= 15 is 0 Å². The number of hydrogen-bond donors (Lipinski definition) is 1. The molecule has 1 aromatic heterocycles. The summed E-state index contributed by atoms with van der Waals surface area (Å²) in [6, 6.07) is 7.06. The summed E-state index contributed by atoms with van der Waals surface area (Å²) >= 11 is 0. The summed E-state index contributed by atoms with van der Waals surface area (Å²) < 4.78 is 15.9. The Morgan fingerprint density at radius 3 is 2.62 bits per heavy atom. The molecule has 0 aliphatic rings. The van der Waals surface area contributed by atoms with E-state index in [-0.39, 0.29) is 11.7 Å². The number of halogens is 1. The molecular weight excluding hydrogens is 265 g/mol. The van der Waals surface area contributed by atoms with Crippen molar-refractivity contribution in [2.24, 2.45) is 13.0 Å². The van der Waals surface area contributed by atoms with E-state index in [0.29, 0.717) is 5.92 Å². The van der Waals surface area contributed by atoms with Gasteiger partial charge in [-0.3, -0.25) is 4.68 Å². The van der Waals surface area contributed by atoms with Gasteiger partial charge >= 0.3 is 0 Å². The number of aromatic nitrogens is 2. The van der Waals surface area contributed by atoms with Crippen LogP contribution < -0.4 is 5.32 Å². The second kappa shape index (κ2) is 7.36. The van der Waals surface area contributed by atoms with E-state index < -0.39 is 0 Å². The third kappa shape index (κ3) is 4.67. The van der Waals surface area contributed by atoms with Crippen molar-refractivity contribution in [3.05, 3.63) is 53.6 Å². The molecule has 0 aliphatic heterocycles. The molecule has 0 saturated carbocycles. The lowest BCUT2D eigenvalue weighted by molar-refractivity contribution is 0.499. The molecule has 0 saturated heterocycles. The van der Waals surface area contributed by atoms with Crippen LogP contribution in [0.25, 0.3) is 0 Å². The topological polar surface area (TPSA) is 29.9 Å². The Morgan fingerprint density at radius 2 is 2.00 bits per heavy atom. The van der Waals surface area contributed by atoms with Crippen molar-refractivity contribution in [3.63, 3.8) is 0 Å². The number of nitrogens with zero attached hydrogens (tertiary/aromatic N) is 2. The highest BCUT2D eigenvalue weighted by Crippen LogP contribution is 2.23. The fourth-order valence-electron chi connectivity index (χ4n) is 2.51. The summed E-state index contributed by atoms with van der Waals surface area (Å²) in [5, 5.41) is 7.64. The minimum Gasteiger partial charge on any atom is -0.316 e. The SMILES string of the molecule is CC(C)CNCC(Cc1cnn(C)c1)c1ccccc1F. The van der Waals surface area contributed by atoms with E-state index in [0.717, 1.165) is 30.6 Å². The van der Waals surface area contributed by atoms with Crippen molar-refractivity contribution in [2.75, 3.05) is 13.1 Å². The monoisotopic (exact) mass is 289 g/mol. The maximum atomic E-state index is 14.1. The molecule has 2 aromatic rings. The lowest BCUT2D eigenvalue weighted by Crippen LogP contribution is -2.27. The van der Waals surface area contributed by atoms with Gasteiger partial charge in [-0.15, -0.1) is 0 Å². The second-order valence-electron chi connectivity index (χ2n) is 6.00. The summed E-state index contributed by atoms with van der Waals surface area (Å²) in [5.41, 5.74) is 1.91. The van der Waals surface area contributed by atoms with Crippen LogP contribution in [0, 0.1) is 11.7 Å².